The summed E-state index contributed by atoms with van der Waals surface area (Å²) in [6.45, 7) is 5.93. The van der Waals surface area contributed by atoms with Gasteiger partial charge in [-0.1, -0.05) is 17.7 Å². The minimum absolute atomic E-state index is 0.0664. The van der Waals surface area contributed by atoms with Crippen LogP contribution in [-0.2, 0) is 9.59 Å². The van der Waals surface area contributed by atoms with Crippen LogP contribution in [0.25, 0.3) is 0 Å². The summed E-state index contributed by atoms with van der Waals surface area (Å²) in [5.74, 6) is -0.494. The van der Waals surface area contributed by atoms with Crippen molar-refractivity contribution in [3.05, 3.63) is 58.9 Å². The lowest BCUT2D eigenvalue weighted by Gasteiger charge is -2.29. The molecule has 1 aliphatic heterocycles. The molecule has 8 heteroatoms. The highest BCUT2D eigenvalue weighted by atomic mass is 35.5. The second-order valence-corrected chi connectivity index (χ2v) is 7.85. The molecule has 3 rings (SSSR count). The van der Waals surface area contributed by atoms with E-state index < -0.39 is 0 Å². The maximum atomic E-state index is 12.9. The van der Waals surface area contributed by atoms with Gasteiger partial charge in [-0.05, 0) is 48.9 Å². The van der Waals surface area contributed by atoms with Gasteiger partial charge in [0.2, 0.25) is 0 Å². The van der Waals surface area contributed by atoms with E-state index in [1.54, 1.807) is 12.1 Å². The second kappa shape index (κ2) is 9.82. The van der Waals surface area contributed by atoms with Crippen molar-refractivity contribution in [2.75, 3.05) is 49.9 Å². The SMILES string of the molecule is Cc1ccc(NC(=O)C[NH+]2CC[NH+](CC(=O)Nc3ccc(F)cc3)CC2)c(Cl)c1. The summed E-state index contributed by atoms with van der Waals surface area (Å²) in [5, 5.41) is 6.19. The number of carbonyl (C=O) groups excluding carboxylic acids is 2. The summed E-state index contributed by atoms with van der Waals surface area (Å²) in [5.41, 5.74) is 2.26. The monoisotopic (exact) mass is 420 g/mol. The lowest BCUT2D eigenvalue weighted by Crippen LogP contribution is -3.28. The Labute approximate surface area is 174 Å². The molecule has 0 unspecified atom stereocenters. The average Bonchev–Trinajstić information content (AvgIpc) is 2.67. The number of benzene rings is 2. The van der Waals surface area contributed by atoms with Crippen LogP contribution in [0.3, 0.4) is 0 Å². The molecule has 2 aromatic carbocycles. The first-order valence-electron chi connectivity index (χ1n) is 9.67. The Balaban J connectivity index is 1.40. The van der Waals surface area contributed by atoms with Crippen molar-refractivity contribution < 1.29 is 23.8 Å². The Morgan fingerprint density at radius 2 is 1.48 bits per heavy atom. The zero-order valence-corrected chi connectivity index (χ0v) is 17.1. The fraction of sp³-hybridized carbons (Fsp3) is 0.333. The fourth-order valence-corrected chi connectivity index (χ4v) is 3.70. The van der Waals surface area contributed by atoms with Crippen molar-refractivity contribution in [1.82, 2.24) is 0 Å². The van der Waals surface area contributed by atoms with Gasteiger partial charge in [0.25, 0.3) is 11.8 Å². The first-order chi connectivity index (χ1) is 13.9. The number of hydrogen-bond donors (Lipinski definition) is 4. The molecule has 4 N–H and O–H groups in total. The zero-order valence-electron chi connectivity index (χ0n) is 16.4. The van der Waals surface area contributed by atoms with Gasteiger partial charge in [0.05, 0.1) is 10.7 Å². The molecular formula is C21H26ClFN4O2+2. The second-order valence-electron chi connectivity index (χ2n) is 7.44. The van der Waals surface area contributed by atoms with Crippen LogP contribution in [-0.4, -0.2) is 51.1 Å². The molecule has 2 amide bonds. The maximum Gasteiger partial charge on any atom is 0.279 e. The van der Waals surface area contributed by atoms with Crippen LogP contribution in [0.4, 0.5) is 15.8 Å². The van der Waals surface area contributed by atoms with Gasteiger partial charge in [0.15, 0.2) is 13.1 Å². The Morgan fingerprint density at radius 3 is 2.03 bits per heavy atom. The molecule has 0 aromatic heterocycles. The molecular weight excluding hydrogens is 395 g/mol. The first kappa shape index (κ1) is 21.2. The van der Waals surface area contributed by atoms with Crippen molar-refractivity contribution in [3.63, 3.8) is 0 Å². The Morgan fingerprint density at radius 1 is 0.931 bits per heavy atom. The van der Waals surface area contributed by atoms with Crippen LogP contribution in [0.1, 0.15) is 5.56 Å². The molecule has 0 aliphatic carbocycles. The molecule has 0 atom stereocenters. The molecule has 0 saturated carbocycles. The maximum absolute atomic E-state index is 12.9. The smallest absolute Gasteiger partial charge is 0.279 e. The molecule has 0 spiro atoms. The molecule has 1 fully saturated rings. The first-order valence-corrected chi connectivity index (χ1v) is 10.1. The standard InChI is InChI=1S/C21H24ClFN4O2/c1-15-2-7-19(18(22)12-15)25-21(29)14-27-10-8-26(9-11-27)13-20(28)24-17-5-3-16(23)4-6-17/h2-7,12H,8-11,13-14H2,1H3,(H,24,28)(H,25,29)/p+2. The molecule has 1 aliphatic rings. The summed E-state index contributed by atoms with van der Waals surface area (Å²) in [7, 11) is 0. The third-order valence-corrected chi connectivity index (χ3v) is 5.32. The molecule has 1 saturated heterocycles. The summed E-state index contributed by atoms with van der Waals surface area (Å²) in [6, 6.07) is 11.3. The largest absolute Gasteiger partial charge is 0.321 e. The molecule has 154 valence electrons. The number of anilines is 2. The number of carbonyl (C=O) groups is 2. The van der Waals surface area contributed by atoms with Gasteiger partial charge in [-0.25, -0.2) is 4.39 Å². The number of rotatable bonds is 6. The predicted octanol–water partition coefficient (Wildman–Crippen LogP) is 0.148. The highest BCUT2D eigenvalue weighted by molar-refractivity contribution is 6.33. The summed E-state index contributed by atoms with van der Waals surface area (Å²) >= 11 is 6.17. The predicted molar refractivity (Wildman–Crippen MR) is 111 cm³/mol. The van der Waals surface area contributed by atoms with Crippen LogP contribution >= 0.6 is 11.6 Å². The number of aryl methyl sites for hydroxylation is 1. The van der Waals surface area contributed by atoms with Gasteiger partial charge in [-0.2, -0.15) is 0 Å². The van der Waals surface area contributed by atoms with E-state index in [-0.39, 0.29) is 17.6 Å². The van der Waals surface area contributed by atoms with Crippen LogP contribution < -0.4 is 20.4 Å². The summed E-state index contributed by atoms with van der Waals surface area (Å²) < 4.78 is 12.9. The minimum atomic E-state index is -0.332. The fourth-order valence-electron chi connectivity index (χ4n) is 3.42. The van der Waals surface area contributed by atoms with Crippen molar-refractivity contribution in [1.29, 1.82) is 0 Å². The molecule has 6 nitrogen and oxygen atoms in total. The van der Waals surface area contributed by atoms with E-state index in [4.69, 9.17) is 11.6 Å². The minimum Gasteiger partial charge on any atom is -0.321 e. The molecule has 1 heterocycles. The number of halogens is 2. The van der Waals surface area contributed by atoms with Crippen LogP contribution in [0.5, 0.6) is 0 Å². The van der Waals surface area contributed by atoms with Gasteiger partial charge >= 0.3 is 0 Å². The van der Waals surface area contributed by atoms with E-state index >= 15 is 0 Å². The average molecular weight is 421 g/mol. The number of nitrogens with one attached hydrogen (secondary N) is 4. The zero-order chi connectivity index (χ0) is 20.8. The van der Waals surface area contributed by atoms with Crippen molar-refractivity contribution in [3.8, 4) is 0 Å². The van der Waals surface area contributed by atoms with E-state index in [1.165, 1.54) is 21.9 Å². The molecule has 2 aromatic rings. The van der Waals surface area contributed by atoms with Gasteiger partial charge in [-0.15, -0.1) is 0 Å². The van der Waals surface area contributed by atoms with Gasteiger partial charge in [-0.3, -0.25) is 9.59 Å². The third kappa shape index (κ3) is 6.52. The molecule has 29 heavy (non-hydrogen) atoms. The Hall–Kier alpha value is -2.48. The number of amides is 2. The van der Waals surface area contributed by atoms with E-state index in [1.807, 2.05) is 25.1 Å². The number of quaternary nitrogens is 2. The van der Waals surface area contributed by atoms with Crippen LogP contribution in [0.2, 0.25) is 5.02 Å². The van der Waals surface area contributed by atoms with E-state index in [9.17, 15) is 14.0 Å². The lowest BCUT2D eigenvalue weighted by atomic mass is 10.2. The van der Waals surface area contributed by atoms with Gasteiger partial charge in [0.1, 0.15) is 32.0 Å². The van der Waals surface area contributed by atoms with Crippen molar-refractivity contribution in [2.24, 2.45) is 0 Å². The topological polar surface area (TPSA) is 67.1 Å². The highest BCUT2D eigenvalue weighted by Crippen LogP contribution is 2.22. The van der Waals surface area contributed by atoms with Crippen LogP contribution in [0, 0.1) is 12.7 Å². The normalized spacial score (nSPS) is 18.9. The Bertz CT molecular complexity index is 867. The number of hydrogen-bond acceptors (Lipinski definition) is 2. The van der Waals surface area contributed by atoms with Gasteiger partial charge < -0.3 is 20.4 Å². The van der Waals surface area contributed by atoms with Crippen molar-refractivity contribution >= 4 is 34.8 Å². The third-order valence-electron chi connectivity index (χ3n) is 5.01. The highest BCUT2D eigenvalue weighted by Gasteiger charge is 2.26. The van der Waals surface area contributed by atoms with E-state index in [2.05, 4.69) is 10.6 Å². The summed E-state index contributed by atoms with van der Waals surface area (Å²) in [6.07, 6.45) is 0. The summed E-state index contributed by atoms with van der Waals surface area (Å²) in [4.78, 5) is 26.9. The van der Waals surface area contributed by atoms with Gasteiger partial charge in [0, 0.05) is 5.69 Å². The molecule has 0 radical (unpaired) electrons. The van der Waals surface area contributed by atoms with E-state index in [0.29, 0.717) is 29.5 Å². The lowest BCUT2D eigenvalue weighted by molar-refractivity contribution is -1.00. The van der Waals surface area contributed by atoms with Crippen molar-refractivity contribution in [2.45, 2.75) is 6.92 Å². The molecule has 0 bridgehead atoms. The quantitative estimate of drug-likeness (QED) is 0.537. The van der Waals surface area contributed by atoms with Crippen LogP contribution in [0.15, 0.2) is 42.5 Å². The number of piperazine rings is 1. The Kier molecular flexibility index (Phi) is 7.19. The van der Waals surface area contributed by atoms with E-state index in [0.717, 1.165) is 31.7 Å².